The van der Waals surface area contributed by atoms with E-state index < -0.39 is 33.4 Å². The van der Waals surface area contributed by atoms with Gasteiger partial charge in [-0.2, -0.15) is 0 Å². The van der Waals surface area contributed by atoms with Gasteiger partial charge in [0.05, 0.1) is 15.5 Å². The van der Waals surface area contributed by atoms with Crippen LogP contribution in [0.4, 0.5) is 11.4 Å². The second-order valence-corrected chi connectivity index (χ2v) is 8.84. The van der Waals surface area contributed by atoms with Gasteiger partial charge in [0.2, 0.25) is 10.0 Å². The zero-order valence-corrected chi connectivity index (χ0v) is 17.8. The van der Waals surface area contributed by atoms with Crippen LogP contribution >= 0.6 is 11.6 Å². The molecule has 2 rings (SSSR count). The fraction of sp³-hybridized carbons (Fsp3) is 0.222. The molecule has 0 aliphatic heterocycles. The van der Waals surface area contributed by atoms with Gasteiger partial charge in [-0.05, 0) is 31.2 Å². The number of nitro benzene ring substituents is 1. The first kappa shape index (κ1) is 23.3. The van der Waals surface area contributed by atoms with E-state index in [1.165, 1.54) is 44.4 Å². The molecule has 10 nitrogen and oxygen atoms in total. The Labute approximate surface area is 177 Å². The van der Waals surface area contributed by atoms with Crippen LogP contribution in [0.25, 0.3) is 0 Å². The number of carbonyl (C=O) groups is 2. The van der Waals surface area contributed by atoms with Gasteiger partial charge in [-0.1, -0.05) is 17.7 Å². The molecule has 30 heavy (non-hydrogen) atoms. The number of nitrogens with zero attached hydrogens (tertiary/aromatic N) is 2. The summed E-state index contributed by atoms with van der Waals surface area (Å²) in [6.45, 7) is 0.876. The average molecular weight is 456 g/mol. The van der Waals surface area contributed by atoms with Gasteiger partial charge in [0.25, 0.3) is 11.6 Å². The Hall–Kier alpha value is -3.02. The second kappa shape index (κ2) is 9.20. The first-order chi connectivity index (χ1) is 13.9. The summed E-state index contributed by atoms with van der Waals surface area (Å²) in [5.74, 6) is -1.66. The van der Waals surface area contributed by atoms with Crippen molar-refractivity contribution < 1.29 is 27.7 Å². The molecule has 1 N–H and O–H groups in total. The van der Waals surface area contributed by atoms with Gasteiger partial charge in [0, 0.05) is 31.4 Å². The number of amides is 1. The Morgan fingerprint density at radius 1 is 1.20 bits per heavy atom. The molecule has 0 heterocycles. The van der Waals surface area contributed by atoms with Crippen LogP contribution in [0.2, 0.25) is 5.02 Å². The minimum atomic E-state index is -3.89. The molecular weight excluding hydrogens is 438 g/mol. The van der Waals surface area contributed by atoms with Crippen LogP contribution in [0.3, 0.4) is 0 Å². The van der Waals surface area contributed by atoms with Gasteiger partial charge in [-0.15, -0.1) is 0 Å². The van der Waals surface area contributed by atoms with Gasteiger partial charge in [-0.25, -0.2) is 17.5 Å². The van der Waals surface area contributed by atoms with E-state index in [4.69, 9.17) is 16.3 Å². The Kier molecular flexibility index (Phi) is 7.13. The summed E-state index contributed by atoms with van der Waals surface area (Å²) in [4.78, 5) is 34.3. The molecule has 0 fully saturated rings. The number of aryl methyl sites for hydroxylation is 1. The third-order valence-corrected chi connectivity index (χ3v) is 6.25. The normalized spacial score (nSPS) is 11.2. The highest BCUT2D eigenvalue weighted by molar-refractivity contribution is 7.89. The van der Waals surface area contributed by atoms with E-state index >= 15 is 0 Å². The Morgan fingerprint density at radius 2 is 1.87 bits per heavy atom. The minimum absolute atomic E-state index is 0.0704. The Balaban J connectivity index is 2.08. The molecule has 0 saturated heterocycles. The van der Waals surface area contributed by atoms with Crippen LogP contribution in [0.15, 0.2) is 41.3 Å². The third kappa shape index (κ3) is 5.32. The number of hydrogen-bond donors (Lipinski definition) is 1. The van der Waals surface area contributed by atoms with Crippen molar-refractivity contribution >= 4 is 44.9 Å². The molecule has 0 bridgehead atoms. The molecule has 0 spiro atoms. The summed E-state index contributed by atoms with van der Waals surface area (Å²) >= 11 is 5.92. The zero-order chi connectivity index (χ0) is 22.6. The SMILES string of the molecule is Cc1ccc(NC(=O)COC(=O)c2ccc(Cl)c(S(=O)(=O)N(C)C)c2)cc1[N+](=O)[O-]. The van der Waals surface area contributed by atoms with E-state index in [0.29, 0.717) is 5.56 Å². The van der Waals surface area contributed by atoms with Crippen LogP contribution in [0.1, 0.15) is 15.9 Å². The zero-order valence-electron chi connectivity index (χ0n) is 16.2. The first-order valence-corrected chi connectivity index (χ1v) is 10.2. The molecule has 160 valence electrons. The number of ether oxygens (including phenoxy) is 1. The van der Waals surface area contributed by atoms with Gasteiger partial charge < -0.3 is 10.1 Å². The van der Waals surface area contributed by atoms with Crippen LogP contribution in [-0.2, 0) is 19.6 Å². The number of hydrogen-bond acceptors (Lipinski definition) is 7. The smallest absolute Gasteiger partial charge is 0.338 e. The number of halogens is 1. The number of nitrogens with one attached hydrogen (secondary N) is 1. The monoisotopic (exact) mass is 455 g/mol. The van der Waals surface area contributed by atoms with Crippen molar-refractivity contribution in [3.8, 4) is 0 Å². The molecule has 0 aliphatic carbocycles. The number of carbonyl (C=O) groups excluding carboxylic acids is 2. The number of rotatable bonds is 7. The number of anilines is 1. The average Bonchev–Trinajstić information content (AvgIpc) is 2.67. The third-order valence-electron chi connectivity index (χ3n) is 3.95. The summed E-state index contributed by atoms with van der Waals surface area (Å²) < 4.78 is 30.4. The topological polar surface area (TPSA) is 136 Å². The molecular formula is C18H18ClN3O7S. The van der Waals surface area contributed by atoms with Crippen molar-refractivity contribution in [3.05, 3.63) is 62.7 Å². The molecule has 0 aromatic heterocycles. The van der Waals surface area contributed by atoms with Crippen molar-refractivity contribution in [2.45, 2.75) is 11.8 Å². The summed E-state index contributed by atoms with van der Waals surface area (Å²) in [5, 5.41) is 13.3. The van der Waals surface area contributed by atoms with Gasteiger partial charge in [0.1, 0.15) is 4.90 Å². The van der Waals surface area contributed by atoms with E-state index in [2.05, 4.69) is 5.32 Å². The molecule has 1 amide bonds. The maximum atomic E-state index is 12.3. The van der Waals surface area contributed by atoms with E-state index in [0.717, 1.165) is 10.4 Å². The van der Waals surface area contributed by atoms with Crippen molar-refractivity contribution in [3.63, 3.8) is 0 Å². The van der Waals surface area contributed by atoms with Crippen molar-refractivity contribution in [1.29, 1.82) is 0 Å². The van der Waals surface area contributed by atoms with Crippen molar-refractivity contribution in [1.82, 2.24) is 4.31 Å². The quantitative estimate of drug-likeness (QED) is 0.385. The van der Waals surface area contributed by atoms with Crippen LogP contribution < -0.4 is 5.32 Å². The highest BCUT2D eigenvalue weighted by atomic mass is 35.5. The maximum absolute atomic E-state index is 12.3. The van der Waals surface area contributed by atoms with Crippen LogP contribution in [0, 0.1) is 17.0 Å². The highest BCUT2D eigenvalue weighted by Crippen LogP contribution is 2.25. The van der Waals surface area contributed by atoms with E-state index in [1.807, 2.05) is 0 Å². The Morgan fingerprint density at radius 3 is 2.47 bits per heavy atom. The van der Waals surface area contributed by atoms with Crippen LogP contribution in [-0.4, -0.2) is 50.2 Å². The number of esters is 1. The van der Waals surface area contributed by atoms with E-state index in [9.17, 15) is 28.1 Å². The lowest BCUT2D eigenvalue weighted by atomic mass is 10.2. The fourth-order valence-corrected chi connectivity index (χ4v) is 3.71. The molecule has 0 aliphatic rings. The maximum Gasteiger partial charge on any atom is 0.338 e. The van der Waals surface area contributed by atoms with Crippen LogP contribution in [0.5, 0.6) is 0 Å². The van der Waals surface area contributed by atoms with E-state index in [-0.39, 0.29) is 26.9 Å². The van der Waals surface area contributed by atoms with Crippen molar-refractivity contribution in [2.75, 3.05) is 26.0 Å². The predicted molar refractivity (Wildman–Crippen MR) is 109 cm³/mol. The van der Waals surface area contributed by atoms with Gasteiger partial charge in [-0.3, -0.25) is 14.9 Å². The van der Waals surface area contributed by atoms with E-state index in [1.54, 1.807) is 6.92 Å². The summed E-state index contributed by atoms with van der Waals surface area (Å²) in [5.41, 5.74) is 0.314. The molecule has 0 atom stereocenters. The molecule has 12 heteroatoms. The van der Waals surface area contributed by atoms with Gasteiger partial charge in [0.15, 0.2) is 6.61 Å². The number of benzene rings is 2. The predicted octanol–water partition coefficient (Wildman–Crippen LogP) is 2.60. The number of nitro groups is 1. The molecule has 0 radical (unpaired) electrons. The lowest BCUT2D eigenvalue weighted by Gasteiger charge is -2.13. The van der Waals surface area contributed by atoms with Gasteiger partial charge >= 0.3 is 5.97 Å². The molecule has 2 aromatic carbocycles. The largest absolute Gasteiger partial charge is 0.452 e. The number of sulfonamides is 1. The van der Waals surface area contributed by atoms with Crippen molar-refractivity contribution in [2.24, 2.45) is 0 Å². The standard InChI is InChI=1S/C18H18ClN3O7S/c1-11-4-6-13(9-15(11)22(25)26)20-17(23)10-29-18(24)12-5-7-14(19)16(8-12)30(27,28)21(2)3/h4-9H,10H2,1-3H3,(H,20,23). The lowest BCUT2D eigenvalue weighted by molar-refractivity contribution is -0.385. The summed E-state index contributed by atoms with van der Waals surface area (Å²) in [6, 6.07) is 7.69. The summed E-state index contributed by atoms with van der Waals surface area (Å²) in [6.07, 6.45) is 0. The second-order valence-electron chi connectivity index (χ2n) is 6.32. The summed E-state index contributed by atoms with van der Waals surface area (Å²) in [7, 11) is -1.26. The minimum Gasteiger partial charge on any atom is -0.452 e. The fourth-order valence-electron chi connectivity index (χ4n) is 2.32. The highest BCUT2D eigenvalue weighted by Gasteiger charge is 2.23. The Bertz CT molecular complexity index is 1120. The first-order valence-electron chi connectivity index (χ1n) is 8.37. The lowest BCUT2D eigenvalue weighted by Crippen LogP contribution is -2.23. The molecule has 0 saturated carbocycles. The molecule has 2 aromatic rings. The molecule has 0 unspecified atom stereocenters.